The molecule has 0 fully saturated rings. The van der Waals surface area contributed by atoms with Crippen LogP contribution in [0.4, 0.5) is 11.4 Å². The van der Waals surface area contributed by atoms with E-state index in [0.717, 1.165) is 44.7 Å². The zero-order valence-electron chi connectivity index (χ0n) is 18.8. The number of hydrogen-bond donors (Lipinski definition) is 2. The van der Waals surface area contributed by atoms with Crippen LogP contribution in [0.3, 0.4) is 0 Å². The van der Waals surface area contributed by atoms with E-state index in [2.05, 4.69) is 42.5 Å². The minimum absolute atomic E-state index is 0.527. The van der Waals surface area contributed by atoms with E-state index < -0.39 is 0 Å². The molecule has 4 N–H and O–H groups in total. The van der Waals surface area contributed by atoms with Crippen LogP contribution in [0.25, 0.3) is 33.4 Å². The topological polar surface area (TPSA) is 61.3 Å². The smallest absolute Gasteiger partial charge is 0.119 e. The SMILES string of the molecule is Nc1c(-c2ccc(OCc3ccccc3)cc2)cc(-c2ccccc2)c(-c2ccccc2)c1N. The van der Waals surface area contributed by atoms with Crippen molar-refractivity contribution < 1.29 is 4.74 Å². The van der Waals surface area contributed by atoms with Crippen molar-refractivity contribution in [1.82, 2.24) is 0 Å². The standard InChI is InChI=1S/C31H26N2O/c32-30-28(24-16-18-26(19-17-24)34-21-22-10-4-1-5-11-22)20-27(23-12-6-2-7-13-23)29(31(30)33)25-14-8-3-9-15-25/h1-20H,21,32-33H2. The summed E-state index contributed by atoms with van der Waals surface area (Å²) in [5.74, 6) is 0.809. The maximum atomic E-state index is 6.68. The highest BCUT2D eigenvalue weighted by molar-refractivity contribution is 6.02. The molecule has 0 bridgehead atoms. The number of nitrogens with two attached hydrogens (primary N) is 2. The fraction of sp³-hybridized carbons (Fsp3) is 0.0323. The van der Waals surface area contributed by atoms with Crippen molar-refractivity contribution in [2.75, 3.05) is 11.5 Å². The molecule has 5 aromatic rings. The Morgan fingerprint density at radius 1 is 0.500 bits per heavy atom. The predicted octanol–water partition coefficient (Wildman–Crippen LogP) is 7.43. The predicted molar refractivity (Wildman–Crippen MR) is 142 cm³/mol. The fourth-order valence-corrected chi connectivity index (χ4v) is 4.19. The lowest BCUT2D eigenvalue weighted by Gasteiger charge is -2.19. The molecule has 0 atom stereocenters. The zero-order valence-corrected chi connectivity index (χ0v) is 18.8. The quantitative estimate of drug-likeness (QED) is 0.269. The largest absolute Gasteiger partial charge is 0.489 e. The first-order valence-electron chi connectivity index (χ1n) is 11.3. The van der Waals surface area contributed by atoms with Gasteiger partial charge in [-0.25, -0.2) is 0 Å². The molecule has 0 aromatic heterocycles. The van der Waals surface area contributed by atoms with Crippen molar-refractivity contribution >= 4 is 11.4 Å². The molecule has 5 aromatic carbocycles. The molecule has 0 aliphatic heterocycles. The van der Waals surface area contributed by atoms with Crippen molar-refractivity contribution in [3.63, 3.8) is 0 Å². The van der Waals surface area contributed by atoms with Gasteiger partial charge in [0.2, 0.25) is 0 Å². The molecule has 34 heavy (non-hydrogen) atoms. The second-order valence-corrected chi connectivity index (χ2v) is 8.20. The second kappa shape index (κ2) is 9.55. The van der Waals surface area contributed by atoms with E-state index in [1.165, 1.54) is 0 Å². The average molecular weight is 443 g/mol. The van der Waals surface area contributed by atoms with Crippen LogP contribution in [0.5, 0.6) is 5.75 Å². The van der Waals surface area contributed by atoms with Crippen LogP contribution < -0.4 is 16.2 Å². The Morgan fingerprint density at radius 2 is 1.03 bits per heavy atom. The van der Waals surface area contributed by atoms with Gasteiger partial charge in [-0.3, -0.25) is 0 Å². The number of hydrogen-bond acceptors (Lipinski definition) is 3. The normalized spacial score (nSPS) is 10.7. The monoisotopic (exact) mass is 442 g/mol. The molecular formula is C31H26N2O. The number of rotatable bonds is 6. The Morgan fingerprint density at radius 3 is 1.65 bits per heavy atom. The van der Waals surface area contributed by atoms with Gasteiger partial charge in [0.05, 0.1) is 11.4 Å². The molecule has 0 saturated heterocycles. The molecule has 3 nitrogen and oxygen atoms in total. The first kappa shape index (κ1) is 21.4. The van der Waals surface area contributed by atoms with Crippen LogP contribution in [0.2, 0.25) is 0 Å². The van der Waals surface area contributed by atoms with Crippen molar-refractivity contribution in [1.29, 1.82) is 0 Å². The third-order valence-electron chi connectivity index (χ3n) is 5.97. The molecule has 0 amide bonds. The number of anilines is 2. The molecule has 5 rings (SSSR count). The molecule has 0 spiro atoms. The summed E-state index contributed by atoms with van der Waals surface area (Å²) in [7, 11) is 0. The summed E-state index contributed by atoms with van der Waals surface area (Å²) in [5.41, 5.74) is 21.6. The van der Waals surface area contributed by atoms with Crippen molar-refractivity contribution in [3.8, 4) is 39.1 Å². The van der Waals surface area contributed by atoms with Gasteiger partial charge in [-0.15, -0.1) is 0 Å². The van der Waals surface area contributed by atoms with E-state index in [1.807, 2.05) is 78.9 Å². The lowest BCUT2D eigenvalue weighted by atomic mass is 9.88. The summed E-state index contributed by atoms with van der Waals surface area (Å²) in [4.78, 5) is 0. The maximum absolute atomic E-state index is 6.68. The van der Waals surface area contributed by atoms with Gasteiger partial charge in [-0.05, 0) is 46.0 Å². The fourth-order valence-electron chi connectivity index (χ4n) is 4.19. The first-order valence-corrected chi connectivity index (χ1v) is 11.3. The molecule has 0 unspecified atom stereocenters. The third-order valence-corrected chi connectivity index (χ3v) is 5.97. The Hall–Kier alpha value is -4.50. The summed E-state index contributed by atoms with van der Waals surface area (Å²) in [6.45, 7) is 0.527. The van der Waals surface area contributed by atoms with Gasteiger partial charge < -0.3 is 16.2 Å². The Labute approximate surface area is 200 Å². The molecule has 166 valence electrons. The average Bonchev–Trinajstić information content (AvgIpc) is 2.91. The highest BCUT2D eigenvalue weighted by Crippen LogP contribution is 2.44. The maximum Gasteiger partial charge on any atom is 0.119 e. The summed E-state index contributed by atoms with van der Waals surface area (Å²) in [5, 5.41) is 0. The molecule has 3 heteroatoms. The van der Waals surface area contributed by atoms with E-state index in [9.17, 15) is 0 Å². The molecule has 0 aliphatic rings. The van der Waals surface area contributed by atoms with Crippen LogP contribution in [0, 0.1) is 0 Å². The first-order chi connectivity index (χ1) is 16.7. The lowest BCUT2D eigenvalue weighted by molar-refractivity contribution is 0.306. The third kappa shape index (κ3) is 4.37. The molecule has 0 radical (unpaired) electrons. The summed E-state index contributed by atoms with van der Waals surface area (Å²) in [6.07, 6.45) is 0. The van der Waals surface area contributed by atoms with E-state index in [4.69, 9.17) is 16.2 Å². The van der Waals surface area contributed by atoms with Crippen molar-refractivity contribution in [2.24, 2.45) is 0 Å². The van der Waals surface area contributed by atoms with Crippen LogP contribution in [0.15, 0.2) is 121 Å². The molecular weight excluding hydrogens is 416 g/mol. The van der Waals surface area contributed by atoms with Crippen LogP contribution in [-0.4, -0.2) is 0 Å². The number of benzene rings is 5. The molecule has 0 aliphatic carbocycles. The Balaban J connectivity index is 1.54. The lowest BCUT2D eigenvalue weighted by Crippen LogP contribution is -2.02. The van der Waals surface area contributed by atoms with Crippen molar-refractivity contribution in [3.05, 3.63) is 127 Å². The van der Waals surface area contributed by atoms with Crippen molar-refractivity contribution in [2.45, 2.75) is 6.61 Å². The van der Waals surface area contributed by atoms with Gasteiger partial charge in [-0.1, -0.05) is 103 Å². The van der Waals surface area contributed by atoms with Crippen LogP contribution >= 0.6 is 0 Å². The second-order valence-electron chi connectivity index (χ2n) is 8.20. The minimum Gasteiger partial charge on any atom is -0.489 e. The van der Waals surface area contributed by atoms with Gasteiger partial charge in [0, 0.05) is 11.1 Å². The minimum atomic E-state index is 0.527. The zero-order chi connectivity index (χ0) is 23.3. The Bertz CT molecular complexity index is 1380. The summed E-state index contributed by atoms with van der Waals surface area (Å²) < 4.78 is 5.95. The van der Waals surface area contributed by atoms with Gasteiger partial charge in [-0.2, -0.15) is 0 Å². The number of nitrogen functional groups attached to an aromatic ring is 2. The molecule has 0 saturated carbocycles. The van der Waals surface area contributed by atoms with Crippen LogP contribution in [0.1, 0.15) is 5.56 Å². The van der Waals surface area contributed by atoms with Gasteiger partial charge in [0.15, 0.2) is 0 Å². The number of ether oxygens (including phenoxy) is 1. The van der Waals surface area contributed by atoms with E-state index >= 15 is 0 Å². The highest BCUT2D eigenvalue weighted by Gasteiger charge is 2.18. The van der Waals surface area contributed by atoms with E-state index in [-0.39, 0.29) is 0 Å². The van der Waals surface area contributed by atoms with Crippen LogP contribution in [-0.2, 0) is 6.61 Å². The van der Waals surface area contributed by atoms with Gasteiger partial charge >= 0.3 is 0 Å². The Kier molecular flexibility index (Phi) is 6.00. The highest BCUT2D eigenvalue weighted by atomic mass is 16.5. The summed E-state index contributed by atoms with van der Waals surface area (Å²) >= 11 is 0. The van der Waals surface area contributed by atoms with E-state index in [0.29, 0.717) is 18.0 Å². The van der Waals surface area contributed by atoms with E-state index in [1.54, 1.807) is 0 Å². The van der Waals surface area contributed by atoms with Gasteiger partial charge in [0.25, 0.3) is 0 Å². The van der Waals surface area contributed by atoms with Gasteiger partial charge in [0.1, 0.15) is 12.4 Å². The summed E-state index contributed by atoms with van der Waals surface area (Å²) in [6, 6.07) is 40.7. The molecule has 0 heterocycles.